The minimum Gasteiger partial charge on any atom is -0.306 e. The van der Waals surface area contributed by atoms with E-state index in [1.54, 1.807) is 0 Å². The molecule has 4 rings (SSSR count). The number of rotatable bonds is 9. The molecule has 0 saturated carbocycles. The van der Waals surface area contributed by atoms with Gasteiger partial charge < -0.3 is 5.32 Å². The molecule has 1 unspecified atom stereocenters. The van der Waals surface area contributed by atoms with Crippen LogP contribution < -0.4 is 5.32 Å². The fourth-order valence-electron chi connectivity index (χ4n) is 5.14. The molecule has 2 fully saturated rings. The molecule has 2 aromatic rings. The third kappa shape index (κ3) is 5.97. The predicted molar refractivity (Wildman–Crippen MR) is 131 cm³/mol. The van der Waals surface area contributed by atoms with Crippen molar-refractivity contribution in [2.75, 3.05) is 26.2 Å². The molecule has 0 spiro atoms. The van der Waals surface area contributed by atoms with Gasteiger partial charge in [-0.15, -0.1) is 0 Å². The van der Waals surface area contributed by atoms with Gasteiger partial charge in [-0.3, -0.25) is 9.80 Å². The fourth-order valence-corrected chi connectivity index (χ4v) is 5.14. The average Bonchev–Trinajstić information content (AvgIpc) is 3.49. The molecule has 3 nitrogen and oxygen atoms in total. The SMILES string of the molecule is CCc1ccc(C(C)NCc2cc(CN3CCCC3)c(C)c(CN3CCCC3)c2)cc1. The summed E-state index contributed by atoms with van der Waals surface area (Å²) in [6.07, 6.45) is 6.53. The smallest absolute Gasteiger partial charge is 0.0294 e. The van der Waals surface area contributed by atoms with Gasteiger partial charge in [0.15, 0.2) is 0 Å². The second-order valence-electron chi connectivity index (χ2n) is 9.70. The Kier molecular flexibility index (Phi) is 7.81. The number of hydrogen-bond donors (Lipinski definition) is 1. The van der Waals surface area contributed by atoms with E-state index in [2.05, 4.69) is 72.3 Å². The first-order valence-corrected chi connectivity index (χ1v) is 12.5. The van der Waals surface area contributed by atoms with Crippen molar-refractivity contribution in [2.24, 2.45) is 0 Å². The van der Waals surface area contributed by atoms with Crippen LogP contribution in [0.1, 0.15) is 79.0 Å². The first-order chi connectivity index (χ1) is 15.1. The van der Waals surface area contributed by atoms with Gasteiger partial charge in [0.1, 0.15) is 0 Å². The van der Waals surface area contributed by atoms with Gasteiger partial charge >= 0.3 is 0 Å². The highest BCUT2D eigenvalue weighted by Gasteiger charge is 2.18. The highest BCUT2D eigenvalue weighted by Crippen LogP contribution is 2.24. The highest BCUT2D eigenvalue weighted by atomic mass is 15.1. The van der Waals surface area contributed by atoms with E-state index in [0.29, 0.717) is 6.04 Å². The predicted octanol–water partition coefficient (Wildman–Crippen LogP) is 5.60. The van der Waals surface area contributed by atoms with Crippen molar-refractivity contribution >= 4 is 0 Å². The Bertz CT molecular complexity index is 791. The summed E-state index contributed by atoms with van der Waals surface area (Å²) >= 11 is 0. The molecule has 3 heteroatoms. The summed E-state index contributed by atoms with van der Waals surface area (Å²) in [6.45, 7) is 15.0. The third-order valence-electron chi connectivity index (χ3n) is 7.37. The Hall–Kier alpha value is -1.68. The topological polar surface area (TPSA) is 18.5 Å². The van der Waals surface area contributed by atoms with E-state index in [4.69, 9.17) is 0 Å². The van der Waals surface area contributed by atoms with Gasteiger partial charge in [-0.05, 0) is 106 Å². The lowest BCUT2D eigenvalue weighted by molar-refractivity contribution is 0.324. The maximum Gasteiger partial charge on any atom is 0.0294 e. The molecule has 31 heavy (non-hydrogen) atoms. The minimum atomic E-state index is 0.358. The van der Waals surface area contributed by atoms with Crippen LogP contribution in [-0.4, -0.2) is 36.0 Å². The first-order valence-electron chi connectivity index (χ1n) is 12.5. The number of hydrogen-bond acceptors (Lipinski definition) is 3. The molecule has 168 valence electrons. The molecule has 0 radical (unpaired) electrons. The first kappa shape index (κ1) is 22.5. The van der Waals surface area contributed by atoms with E-state index in [1.165, 1.54) is 85.2 Å². The van der Waals surface area contributed by atoms with Crippen molar-refractivity contribution in [2.45, 2.75) is 78.6 Å². The molecule has 0 amide bonds. The molecule has 2 aliphatic rings. The van der Waals surface area contributed by atoms with Crippen molar-refractivity contribution in [3.05, 3.63) is 69.8 Å². The molecule has 2 saturated heterocycles. The molecular weight excluding hydrogens is 378 g/mol. The third-order valence-corrected chi connectivity index (χ3v) is 7.37. The maximum absolute atomic E-state index is 3.79. The van der Waals surface area contributed by atoms with Crippen LogP contribution >= 0.6 is 0 Å². The van der Waals surface area contributed by atoms with Crippen LogP contribution in [0.4, 0.5) is 0 Å². The molecule has 0 bridgehead atoms. The van der Waals surface area contributed by atoms with E-state index in [9.17, 15) is 0 Å². The van der Waals surface area contributed by atoms with E-state index in [-0.39, 0.29) is 0 Å². The van der Waals surface area contributed by atoms with E-state index in [1.807, 2.05) is 0 Å². The molecule has 2 heterocycles. The van der Waals surface area contributed by atoms with Gasteiger partial charge in [0.05, 0.1) is 0 Å². The standard InChI is InChI=1S/C28H41N3/c1-4-24-9-11-26(12-10-24)23(3)29-19-25-17-27(20-30-13-5-6-14-30)22(2)28(18-25)21-31-15-7-8-16-31/h9-12,17-18,23,29H,4-8,13-16,19-21H2,1-3H3. The highest BCUT2D eigenvalue weighted by molar-refractivity contribution is 5.39. The normalized spacial score (nSPS) is 18.7. The summed E-state index contributed by atoms with van der Waals surface area (Å²) in [7, 11) is 0. The minimum absolute atomic E-state index is 0.358. The van der Waals surface area contributed by atoms with Crippen molar-refractivity contribution in [3.8, 4) is 0 Å². The molecule has 2 aromatic carbocycles. The number of aryl methyl sites for hydroxylation is 1. The summed E-state index contributed by atoms with van der Waals surface area (Å²) in [5.74, 6) is 0. The van der Waals surface area contributed by atoms with Crippen molar-refractivity contribution in [1.82, 2.24) is 15.1 Å². The monoisotopic (exact) mass is 419 g/mol. The fraction of sp³-hybridized carbons (Fsp3) is 0.571. The van der Waals surface area contributed by atoms with E-state index < -0.39 is 0 Å². The van der Waals surface area contributed by atoms with Crippen LogP contribution in [0.25, 0.3) is 0 Å². The Balaban J connectivity index is 1.48. The molecule has 1 N–H and O–H groups in total. The van der Waals surface area contributed by atoms with Crippen LogP contribution in [-0.2, 0) is 26.1 Å². The zero-order valence-electron chi connectivity index (χ0n) is 19.9. The molecular formula is C28H41N3. The van der Waals surface area contributed by atoms with E-state index in [0.717, 1.165) is 26.1 Å². The number of likely N-dealkylation sites (tertiary alicyclic amines) is 2. The molecule has 0 aliphatic carbocycles. The van der Waals surface area contributed by atoms with Gasteiger partial charge in [0.25, 0.3) is 0 Å². The zero-order valence-corrected chi connectivity index (χ0v) is 19.9. The molecule has 2 aliphatic heterocycles. The van der Waals surface area contributed by atoms with Crippen LogP contribution in [0, 0.1) is 6.92 Å². The lowest BCUT2D eigenvalue weighted by atomic mass is 9.97. The van der Waals surface area contributed by atoms with Crippen molar-refractivity contribution in [3.63, 3.8) is 0 Å². The Morgan fingerprint density at radius 1 is 0.806 bits per heavy atom. The van der Waals surface area contributed by atoms with Gasteiger partial charge in [0.2, 0.25) is 0 Å². The van der Waals surface area contributed by atoms with Gasteiger partial charge in [-0.2, -0.15) is 0 Å². The average molecular weight is 420 g/mol. The second kappa shape index (κ2) is 10.8. The summed E-state index contributed by atoms with van der Waals surface area (Å²) in [5.41, 5.74) is 8.81. The van der Waals surface area contributed by atoms with Crippen LogP contribution in [0.3, 0.4) is 0 Å². The van der Waals surface area contributed by atoms with Crippen LogP contribution in [0.2, 0.25) is 0 Å². The van der Waals surface area contributed by atoms with Gasteiger partial charge in [0, 0.05) is 25.7 Å². The second-order valence-corrected chi connectivity index (χ2v) is 9.70. The largest absolute Gasteiger partial charge is 0.306 e. The maximum atomic E-state index is 3.79. The van der Waals surface area contributed by atoms with Crippen molar-refractivity contribution in [1.29, 1.82) is 0 Å². The zero-order chi connectivity index (χ0) is 21.6. The van der Waals surface area contributed by atoms with Gasteiger partial charge in [-0.1, -0.05) is 43.3 Å². The Labute approximate surface area is 189 Å². The molecule has 0 aromatic heterocycles. The lowest BCUT2D eigenvalue weighted by Gasteiger charge is -2.23. The Morgan fingerprint density at radius 3 is 1.81 bits per heavy atom. The summed E-state index contributed by atoms with van der Waals surface area (Å²) in [5, 5.41) is 3.79. The van der Waals surface area contributed by atoms with E-state index >= 15 is 0 Å². The number of benzene rings is 2. The quantitative estimate of drug-likeness (QED) is 0.571. The van der Waals surface area contributed by atoms with Crippen LogP contribution in [0.5, 0.6) is 0 Å². The summed E-state index contributed by atoms with van der Waals surface area (Å²) in [6, 6.07) is 14.4. The Morgan fingerprint density at radius 2 is 1.32 bits per heavy atom. The number of nitrogens with one attached hydrogen (secondary N) is 1. The van der Waals surface area contributed by atoms with Gasteiger partial charge in [-0.25, -0.2) is 0 Å². The molecule has 1 atom stereocenters. The summed E-state index contributed by atoms with van der Waals surface area (Å²) in [4.78, 5) is 5.27. The van der Waals surface area contributed by atoms with Crippen molar-refractivity contribution < 1.29 is 0 Å². The van der Waals surface area contributed by atoms with Crippen LogP contribution in [0.15, 0.2) is 36.4 Å². The lowest BCUT2D eigenvalue weighted by Crippen LogP contribution is -2.23. The summed E-state index contributed by atoms with van der Waals surface area (Å²) < 4.78 is 0. The number of nitrogens with zero attached hydrogens (tertiary/aromatic N) is 2.